The molecule has 1 aliphatic carbocycles. The van der Waals surface area contributed by atoms with Crippen molar-refractivity contribution < 1.29 is 0 Å². The van der Waals surface area contributed by atoms with Gasteiger partial charge in [0.15, 0.2) is 0 Å². The lowest BCUT2D eigenvalue weighted by Gasteiger charge is -2.26. The molecule has 2 aromatic rings. The van der Waals surface area contributed by atoms with Crippen molar-refractivity contribution in [1.29, 1.82) is 0 Å². The van der Waals surface area contributed by atoms with Crippen LogP contribution >= 0.6 is 0 Å². The quantitative estimate of drug-likeness (QED) is 0.517. The molecule has 1 radical (unpaired) electrons. The van der Waals surface area contributed by atoms with E-state index >= 15 is 0 Å². The van der Waals surface area contributed by atoms with Crippen molar-refractivity contribution in [2.75, 3.05) is 0 Å². The van der Waals surface area contributed by atoms with Crippen LogP contribution in [0, 0.1) is 13.3 Å². The van der Waals surface area contributed by atoms with Gasteiger partial charge in [-0.25, -0.2) is 0 Å². The van der Waals surface area contributed by atoms with Gasteiger partial charge in [0.05, 0.1) is 0 Å². The minimum absolute atomic E-state index is 0.141. The minimum atomic E-state index is 0.141. The summed E-state index contributed by atoms with van der Waals surface area (Å²) in [4.78, 5) is 0. The highest BCUT2D eigenvalue weighted by atomic mass is 14.3. The van der Waals surface area contributed by atoms with Crippen molar-refractivity contribution >= 4 is 6.08 Å². The molecule has 131 valence electrons. The Bertz CT molecular complexity index is 817. The van der Waals surface area contributed by atoms with Crippen molar-refractivity contribution in [3.05, 3.63) is 70.1 Å². The summed E-state index contributed by atoms with van der Waals surface area (Å²) in [6.07, 6.45) is 4.64. The monoisotopic (exact) mass is 331 g/mol. The topological polar surface area (TPSA) is 0 Å². The largest absolute Gasteiger partial charge is 0.0642 e. The predicted octanol–water partition coefficient (Wildman–Crippen LogP) is 7.23. The summed E-state index contributed by atoms with van der Waals surface area (Å²) >= 11 is 0. The average Bonchev–Trinajstić information content (AvgIpc) is 2.88. The van der Waals surface area contributed by atoms with Gasteiger partial charge in [-0.1, -0.05) is 83.5 Å². The number of rotatable bonds is 1. The fourth-order valence-corrected chi connectivity index (χ4v) is 3.49. The molecule has 0 heteroatoms. The van der Waals surface area contributed by atoms with Gasteiger partial charge in [-0.05, 0) is 63.6 Å². The number of fused-ring (bicyclic) bond motifs is 1. The number of aryl methyl sites for hydroxylation is 1. The van der Waals surface area contributed by atoms with Crippen LogP contribution in [-0.4, -0.2) is 0 Å². The molecule has 0 saturated carbocycles. The molecule has 0 nitrogen and oxygen atoms in total. The molecule has 2 aromatic carbocycles. The Morgan fingerprint density at radius 3 is 1.76 bits per heavy atom. The van der Waals surface area contributed by atoms with E-state index in [-0.39, 0.29) is 10.8 Å². The third-order valence-corrected chi connectivity index (χ3v) is 5.23. The molecule has 0 fully saturated rings. The van der Waals surface area contributed by atoms with Gasteiger partial charge in [0.2, 0.25) is 0 Å². The third kappa shape index (κ3) is 3.45. The zero-order valence-corrected chi connectivity index (χ0v) is 17.0. The highest BCUT2D eigenvalue weighted by molar-refractivity contribution is 5.84. The van der Waals surface area contributed by atoms with E-state index in [2.05, 4.69) is 98.2 Å². The molecule has 25 heavy (non-hydrogen) atoms. The first kappa shape index (κ1) is 18.0. The van der Waals surface area contributed by atoms with Crippen molar-refractivity contribution in [3.63, 3.8) is 0 Å². The maximum absolute atomic E-state index is 2.39. The number of allylic oxidation sites excluding steroid dienone is 1. The van der Waals surface area contributed by atoms with Gasteiger partial charge in [-0.15, -0.1) is 0 Å². The van der Waals surface area contributed by atoms with Crippen LogP contribution in [0.25, 0.3) is 17.2 Å². The van der Waals surface area contributed by atoms with Crippen molar-refractivity contribution in [2.45, 2.75) is 66.2 Å². The van der Waals surface area contributed by atoms with E-state index in [0.717, 1.165) is 0 Å². The molecule has 3 rings (SSSR count). The van der Waals surface area contributed by atoms with Gasteiger partial charge < -0.3 is 0 Å². The molecule has 0 saturated heterocycles. The van der Waals surface area contributed by atoms with E-state index in [4.69, 9.17) is 0 Å². The van der Waals surface area contributed by atoms with Crippen molar-refractivity contribution in [2.24, 2.45) is 0 Å². The first-order chi connectivity index (χ1) is 11.5. The summed E-state index contributed by atoms with van der Waals surface area (Å²) < 4.78 is 0. The van der Waals surface area contributed by atoms with Crippen LogP contribution in [0.3, 0.4) is 0 Å². The Hall–Kier alpha value is -1.82. The first-order valence-corrected chi connectivity index (χ1v) is 9.30. The second-order valence-electron chi connectivity index (χ2n) is 9.59. The maximum Gasteiger partial charge on any atom is 0.0164 e. The fourth-order valence-electron chi connectivity index (χ4n) is 3.49. The van der Waals surface area contributed by atoms with E-state index in [1.165, 1.54) is 44.5 Å². The van der Waals surface area contributed by atoms with Crippen molar-refractivity contribution in [1.82, 2.24) is 0 Å². The normalized spacial score (nSPS) is 14.5. The highest BCUT2D eigenvalue weighted by Gasteiger charge is 2.23. The van der Waals surface area contributed by atoms with Crippen LogP contribution in [0.5, 0.6) is 0 Å². The van der Waals surface area contributed by atoms with Crippen LogP contribution in [0.4, 0.5) is 0 Å². The Kier molecular flexibility index (Phi) is 4.22. The van der Waals surface area contributed by atoms with Crippen LogP contribution < -0.4 is 0 Å². The molecule has 0 aromatic heterocycles. The van der Waals surface area contributed by atoms with Crippen LogP contribution in [0.2, 0.25) is 0 Å². The summed E-state index contributed by atoms with van der Waals surface area (Å²) in [7, 11) is 0. The first-order valence-electron chi connectivity index (χ1n) is 9.30. The Labute approximate surface area is 154 Å². The van der Waals surface area contributed by atoms with E-state index in [1.54, 1.807) is 0 Å². The molecule has 0 spiro atoms. The molecular weight excluding hydrogens is 300 g/mol. The van der Waals surface area contributed by atoms with Gasteiger partial charge in [-0.2, -0.15) is 0 Å². The van der Waals surface area contributed by atoms with E-state index in [9.17, 15) is 0 Å². The minimum Gasteiger partial charge on any atom is -0.0642 e. The summed E-state index contributed by atoms with van der Waals surface area (Å²) in [5, 5.41) is 0. The SMILES string of the molecule is CC1=Cc2c(-c3cc(C(C)(C)C)cc(C(C)(C)C)c3)ccc(C)c2[CH]1. The van der Waals surface area contributed by atoms with E-state index in [0.29, 0.717) is 0 Å². The molecule has 0 atom stereocenters. The van der Waals surface area contributed by atoms with Crippen LogP contribution in [0.15, 0.2) is 35.9 Å². The van der Waals surface area contributed by atoms with Crippen molar-refractivity contribution in [3.8, 4) is 11.1 Å². The summed E-state index contributed by atoms with van der Waals surface area (Å²) in [6.45, 7) is 18.2. The highest BCUT2D eigenvalue weighted by Crippen LogP contribution is 2.40. The molecule has 0 amide bonds. The van der Waals surface area contributed by atoms with Crippen LogP contribution in [-0.2, 0) is 10.8 Å². The summed E-state index contributed by atoms with van der Waals surface area (Å²) in [6, 6.07) is 11.7. The number of hydrogen-bond acceptors (Lipinski definition) is 0. The lowest BCUT2D eigenvalue weighted by molar-refractivity contribution is 0.569. The van der Waals surface area contributed by atoms with Gasteiger partial charge in [0.25, 0.3) is 0 Å². The van der Waals surface area contributed by atoms with E-state index in [1.807, 2.05) is 0 Å². The molecule has 0 unspecified atom stereocenters. The zero-order chi connectivity index (χ0) is 18.6. The lowest BCUT2D eigenvalue weighted by Crippen LogP contribution is -2.16. The molecular formula is C25H31. The van der Waals surface area contributed by atoms with Gasteiger partial charge >= 0.3 is 0 Å². The Balaban J connectivity index is 2.27. The third-order valence-electron chi connectivity index (χ3n) is 5.23. The number of benzene rings is 2. The standard InChI is InChI=1S/C25H31/c1-16-11-22-17(2)9-10-21(23(22)12-16)18-13-19(24(3,4)5)15-20(14-18)25(6,7)8/h9-15H,1-8H3. The molecule has 0 heterocycles. The molecule has 0 N–H and O–H groups in total. The van der Waals surface area contributed by atoms with E-state index < -0.39 is 0 Å². The van der Waals surface area contributed by atoms with Crippen LogP contribution in [0.1, 0.15) is 76.3 Å². The van der Waals surface area contributed by atoms with Gasteiger partial charge in [0.1, 0.15) is 0 Å². The maximum atomic E-state index is 2.39. The summed E-state index contributed by atoms with van der Waals surface area (Å²) in [5.41, 5.74) is 11.3. The zero-order valence-electron chi connectivity index (χ0n) is 17.0. The van der Waals surface area contributed by atoms with Gasteiger partial charge in [-0.3, -0.25) is 0 Å². The smallest absolute Gasteiger partial charge is 0.0164 e. The predicted molar refractivity (Wildman–Crippen MR) is 111 cm³/mol. The summed E-state index contributed by atoms with van der Waals surface area (Å²) in [5.74, 6) is 0. The second-order valence-corrected chi connectivity index (χ2v) is 9.59. The Morgan fingerprint density at radius 1 is 0.680 bits per heavy atom. The second kappa shape index (κ2) is 5.87. The van der Waals surface area contributed by atoms with Gasteiger partial charge in [0, 0.05) is 6.42 Å². The average molecular weight is 332 g/mol. The lowest BCUT2D eigenvalue weighted by atomic mass is 9.78. The fraction of sp³-hybridized carbons (Fsp3) is 0.400. The molecule has 0 bridgehead atoms. The Morgan fingerprint density at radius 2 is 1.24 bits per heavy atom. The molecule has 0 aliphatic heterocycles. The molecule has 1 aliphatic rings. The number of hydrogen-bond donors (Lipinski definition) is 0.